The van der Waals surface area contributed by atoms with Gasteiger partial charge in [0.15, 0.2) is 6.61 Å². The predicted octanol–water partition coefficient (Wildman–Crippen LogP) is 2.43. The minimum atomic E-state index is -0.429. The van der Waals surface area contributed by atoms with Gasteiger partial charge < -0.3 is 13.7 Å². The smallest absolute Gasteiger partial charge is 0.355 e. The molecule has 2 heterocycles. The Morgan fingerprint density at radius 3 is 2.71 bits per heavy atom. The molecular weight excluding hydrogens is 270 g/mol. The van der Waals surface area contributed by atoms with Crippen molar-refractivity contribution in [2.75, 3.05) is 0 Å². The molecule has 0 bridgehead atoms. The lowest BCUT2D eigenvalue weighted by molar-refractivity contribution is 0.0427. The van der Waals surface area contributed by atoms with E-state index in [4.69, 9.17) is 9.15 Å². The molecule has 0 radical (unpaired) electrons. The number of carbonyl (C=O) groups is 1. The first-order chi connectivity index (χ1) is 10.2. The van der Waals surface area contributed by atoms with Gasteiger partial charge in [-0.05, 0) is 24.3 Å². The normalized spacial score (nSPS) is 10.5. The molecule has 0 unspecified atom stereocenters. The molecule has 0 fully saturated rings. The second-order valence-electron chi connectivity index (χ2n) is 4.45. The number of aryl methyl sites for hydroxylation is 1. The van der Waals surface area contributed by atoms with E-state index in [1.165, 1.54) is 0 Å². The van der Waals surface area contributed by atoms with Gasteiger partial charge >= 0.3 is 5.97 Å². The Bertz CT molecular complexity index is 746. The SMILES string of the molecule is Cn1cccc1C(=O)OCc1nnc(-c2ccccc2)o1. The van der Waals surface area contributed by atoms with Crippen LogP contribution in [0.5, 0.6) is 0 Å². The lowest BCUT2D eigenvalue weighted by Crippen LogP contribution is -2.09. The lowest BCUT2D eigenvalue weighted by Gasteiger charge is -2.02. The van der Waals surface area contributed by atoms with Crippen molar-refractivity contribution in [3.8, 4) is 11.5 Å². The monoisotopic (exact) mass is 283 g/mol. The van der Waals surface area contributed by atoms with Crippen LogP contribution >= 0.6 is 0 Å². The van der Waals surface area contributed by atoms with E-state index in [-0.39, 0.29) is 12.5 Å². The average Bonchev–Trinajstić information content (AvgIpc) is 3.15. The number of carbonyl (C=O) groups excluding carboxylic acids is 1. The van der Waals surface area contributed by atoms with Gasteiger partial charge in [-0.2, -0.15) is 0 Å². The van der Waals surface area contributed by atoms with Crippen LogP contribution in [0.2, 0.25) is 0 Å². The molecule has 3 aromatic rings. The molecule has 6 nitrogen and oxygen atoms in total. The first-order valence-electron chi connectivity index (χ1n) is 6.40. The summed E-state index contributed by atoms with van der Waals surface area (Å²) < 4.78 is 12.3. The zero-order valence-corrected chi connectivity index (χ0v) is 11.4. The average molecular weight is 283 g/mol. The Morgan fingerprint density at radius 1 is 1.19 bits per heavy atom. The maximum atomic E-state index is 11.8. The van der Waals surface area contributed by atoms with Crippen LogP contribution in [0.3, 0.4) is 0 Å². The van der Waals surface area contributed by atoms with Crippen molar-refractivity contribution < 1.29 is 13.9 Å². The molecule has 3 rings (SSSR count). The summed E-state index contributed by atoms with van der Waals surface area (Å²) in [5.74, 6) is 0.235. The summed E-state index contributed by atoms with van der Waals surface area (Å²) in [6.07, 6.45) is 1.77. The van der Waals surface area contributed by atoms with Crippen LogP contribution in [-0.2, 0) is 18.4 Å². The number of hydrogen-bond acceptors (Lipinski definition) is 5. The van der Waals surface area contributed by atoms with E-state index in [0.29, 0.717) is 11.6 Å². The van der Waals surface area contributed by atoms with Crippen molar-refractivity contribution in [2.24, 2.45) is 7.05 Å². The van der Waals surface area contributed by atoms with E-state index in [1.54, 1.807) is 29.9 Å². The van der Waals surface area contributed by atoms with E-state index in [0.717, 1.165) is 5.56 Å². The summed E-state index contributed by atoms with van der Waals surface area (Å²) in [6, 6.07) is 12.9. The van der Waals surface area contributed by atoms with Gasteiger partial charge in [0.2, 0.25) is 5.89 Å². The van der Waals surface area contributed by atoms with Crippen LogP contribution in [0, 0.1) is 0 Å². The third-order valence-corrected chi connectivity index (χ3v) is 2.97. The van der Waals surface area contributed by atoms with Crippen molar-refractivity contribution in [1.82, 2.24) is 14.8 Å². The van der Waals surface area contributed by atoms with E-state index < -0.39 is 5.97 Å². The molecule has 0 saturated heterocycles. The Kier molecular flexibility index (Phi) is 3.51. The highest BCUT2D eigenvalue weighted by molar-refractivity contribution is 5.87. The van der Waals surface area contributed by atoms with Gasteiger partial charge in [-0.1, -0.05) is 18.2 Å². The molecule has 0 amide bonds. The van der Waals surface area contributed by atoms with E-state index in [1.807, 2.05) is 30.3 Å². The van der Waals surface area contributed by atoms with E-state index in [9.17, 15) is 4.79 Å². The molecule has 106 valence electrons. The topological polar surface area (TPSA) is 70.2 Å². The predicted molar refractivity (Wildman–Crippen MR) is 74.3 cm³/mol. The van der Waals surface area contributed by atoms with Crippen LogP contribution in [0.25, 0.3) is 11.5 Å². The largest absolute Gasteiger partial charge is 0.451 e. The van der Waals surface area contributed by atoms with E-state index >= 15 is 0 Å². The minimum Gasteiger partial charge on any atom is -0.451 e. The summed E-state index contributed by atoms with van der Waals surface area (Å²) >= 11 is 0. The quantitative estimate of drug-likeness (QED) is 0.688. The number of nitrogens with zero attached hydrogens (tertiary/aromatic N) is 3. The van der Waals surface area contributed by atoms with Crippen LogP contribution in [-0.4, -0.2) is 20.7 Å². The Labute approximate surface area is 121 Å². The zero-order chi connectivity index (χ0) is 14.7. The highest BCUT2D eigenvalue weighted by Gasteiger charge is 2.13. The van der Waals surface area contributed by atoms with Crippen LogP contribution in [0.4, 0.5) is 0 Å². The molecule has 1 aromatic carbocycles. The molecule has 0 N–H and O–H groups in total. The van der Waals surface area contributed by atoms with Gasteiger partial charge in [-0.15, -0.1) is 10.2 Å². The molecule has 2 aromatic heterocycles. The van der Waals surface area contributed by atoms with Gasteiger partial charge in [0.25, 0.3) is 5.89 Å². The Morgan fingerprint density at radius 2 is 2.00 bits per heavy atom. The van der Waals surface area contributed by atoms with Crippen molar-refractivity contribution in [3.05, 3.63) is 60.2 Å². The second kappa shape index (κ2) is 5.62. The molecule has 0 saturated carbocycles. The highest BCUT2D eigenvalue weighted by atomic mass is 16.5. The third-order valence-electron chi connectivity index (χ3n) is 2.97. The molecule has 0 aliphatic rings. The molecule has 0 spiro atoms. The van der Waals surface area contributed by atoms with Crippen molar-refractivity contribution in [3.63, 3.8) is 0 Å². The van der Waals surface area contributed by atoms with Gasteiger partial charge in [0, 0.05) is 18.8 Å². The Hall–Kier alpha value is -2.89. The maximum Gasteiger partial charge on any atom is 0.355 e. The standard InChI is InChI=1S/C15H13N3O3/c1-18-9-5-8-12(18)15(19)20-10-13-16-17-14(21-13)11-6-3-2-4-7-11/h2-9H,10H2,1H3. The first-order valence-corrected chi connectivity index (χ1v) is 6.40. The number of rotatable bonds is 4. The van der Waals surface area contributed by atoms with Gasteiger partial charge in [-0.3, -0.25) is 0 Å². The third kappa shape index (κ3) is 2.84. The van der Waals surface area contributed by atoms with E-state index in [2.05, 4.69) is 10.2 Å². The second-order valence-corrected chi connectivity index (χ2v) is 4.45. The summed E-state index contributed by atoms with van der Waals surface area (Å²) in [7, 11) is 1.77. The molecule has 0 aliphatic heterocycles. The lowest BCUT2D eigenvalue weighted by atomic mass is 10.2. The molecule has 0 aliphatic carbocycles. The zero-order valence-electron chi connectivity index (χ0n) is 11.4. The van der Waals surface area contributed by atoms with Crippen molar-refractivity contribution in [1.29, 1.82) is 0 Å². The molecule has 21 heavy (non-hydrogen) atoms. The van der Waals surface area contributed by atoms with Crippen molar-refractivity contribution >= 4 is 5.97 Å². The summed E-state index contributed by atoms with van der Waals surface area (Å²) in [5, 5.41) is 7.80. The fraction of sp³-hybridized carbons (Fsp3) is 0.133. The number of ether oxygens (including phenoxy) is 1. The van der Waals surface area contributed by atoms with Gasteiger partial charge in [0.05, 0.1) is 0 Å². The number of benzene rings is 1. The number of aromatic nitrogens is 3. The minimum absolute atomic E-state index is 0.0517. The van der Waals surface area contributed by atoms with Crippen molar-refractivity contribution in [2.45, 2.75) is 6.61 Å². The maximum absolute atomic E-state index is 11.8. The highest BCUT2D eigenvalue weighted by Crippen LogP contribution is 2.17. The van der Waals surface area contributed by atoms with Crippen LogP contribution in [0.1, 0.15) is 16.4 Å². The Balaban J connectivity index is 1.66. The van der Waals surface area contributed by atoms with Crippen LogP contribution < -0.4 is 0 Å². The fourth-order valence-corrected chi connectivity index (χ4v) is 1.88. The summed E-state index contributed by atoms with van der Waals surface area (Å²) in [6.45, 7) is -0.0517. The summed E-state index contributed by atoms with van der Waals surface area (Å²) in [4.78, 5) is 11.8. The number of hydrogen-bond donors (Lipinski definition) is 0. The first kappa shape index (κ1) is 13.1. The molecule has 6 heteroatoms. The number of esters is 1. The molecular formula is C15H13N3O3. The van der Waals surface area contributed by atoms with Gasteiger partial charge in [-0.25, -0.2) is 4.79 Å². The fourth-order valence-electron chi connectivity index (χ4n) is 1.88. The molecule has 0 atom stereocenters. The summed E-state index contributed by atoms with van der Waals surface area (Å²) in [5.41, 5.74) is 1.29. The van der Waals surface area contributed by atoms with Crippen LogP contribution in [0.15, 0.2) is 53.1 Å². The van der Waals surface area contributed by atoms with Gasteiger partial charge in [0.1, 0.15) is 5.69 Å².